The van der Waals surface area contributed by atoms with Gasteiger partial charge in [-0.15, -0.1) is 0 Å². The molecular formula is C44H64N4. The van der Waals surface area contributed by atoms with Gasteiger partial charge in [-0.3, -0.25) is 0 Å². The van der Waals surface area contributed by atoms with Crippen LogP contribution in [0.15, 0.2) is 126 Å². The van der Waals surface area contributed by atoms with Gasteiger partial charge >= 0.3 is 0 Å². The van der Waals surface area contributed by atoms with Gasteiger partial charge in [0.15, 0.2) is 0 Å². The summed E-state index contributed by atoms with van der Waals surface area (Å²) in [6.45, 7) is 16.4. The van der Waals surface area contributed by atoms with E-state index in [1.807, 2.05) is 0 Å². The molecule has 1 aromatic carbocycles. The first-order chi connectivity index (χ1) is 23.3. The largest absolute Gasteiger partial charge is 0.369 e. The topological polar surface area (TPSA) is 30.5 Å². The summed E-state index contributed by atoms with van der Waals surface area (Å²) in [5, 5.41) is 7.25. The number of rotatable bonds is 18. The summed E-state index contributed by atoms with van der Waals surface area (Å²) >= 11 is 0. The molecule has 4 nitrogen and oxygen atoms in total. The van der Waals surface area contributed by atoms with E-state index in [2.05, 4.69) is 159 Å². The standard InChI is InChI=1S/C44H64N4/c1-35(2)33-37(5)47(43-25-17-23-41(27-29-43)45-39-19-11-7-8-12-20-39)31-15-10-16-32-48(38(6)34-36(3)4)44-26-18-24-42(28-30-44)46-40-21-13-9-14-22-40/h9,11,13-14,19-30,35-38,45-46H,7-8,10,12,15-18,31-34H2,1-6H3. The Bertz CT molecular complexity index is 1370. The maximum absolute atomic E-state index is 3.67. The molecule has 0 heterocycles. The maximum Gasteiger partial charge on any atom is 0.0384 e. The molecule has 260 valence electrons. The molecule has 1 aromatic rings. The van der Waals surface area contributed by atoms with Crippen LogP contribution in [-0.4, -0.2) is 35.0 Å². The van der Waals surface area contributed by atoms with Crippen molar-refractivity contribution in [2.75, 3.05) is 18.4 Å². The van der Waals surface area contributed by atoms with E-state index >= 15 is 0 Å². The van der Waals surface area contributed by atoms with E-state index in [0.717, 1.165) is 43.7 Å². The lowest BCUT2D eigenvalue weighted by molar-refractivity contribution is 0.225. The highest BCUT2D eigenvalue weighted by molar-refractivity contribution is 5.51. The second-order valence-corrected chi connectivity index (χ2v) is 14.7. The number of allylic oxidation sites excluding steroid dienone is 11. The van der Waals surface area contributed by atoms with Crippen LogP contribution in [0, 0.1) is 11.8 Å². The lowest BCUT2D eigenvalue weighted by Gasteiger charge is -2.35. The minimum Gasteiger partial charge on any atom is -0.369 e. The van der Waals surface area contributed by atoms with Gasteiger partial charge in [0, 0.05) is 59.3 Å². The van der Waals surface area contributed by atoms with Gasteiger partial charge in [-0.05, 0) is 132 Å². The van der Waals surface area contributed by atoms with Gasteiger partial charge in [-0.1, -0.05) is 82.4 Å². The van der Waals surface area contributed by atoms with Gasteiger partial charge in [-0.2, -0.15) is 0 Å². The molecule has 0 saturated carbocycles. The van der Waals surface area contributed by atoms with Crippen LogP contribution in [0.5, 0.6) is 0 Å². The summed E-state index contributed by atoms with van der Waals surface area (Å²) in [5.74, 6) is 1.35. The molecule has 2 N–H and O–H groups in total. The minimum absolute atomic E-state index is 0.507. The fourth-order valence-corrected chi connectivity index (χ4v) is 7.13. The summed E-state index contributed by atoms with van der Waals surface area (Å²) in [6, 6.07) is 11.5. The van der Waals surface area contributed by atoms with Crippen LogP contribution in [-0.2, 0) is 0 Å². The van der Waals surface area contributed by atoms with Crippen molar-refractivity contribution in [2.45, 2.75) is 118 Å². The fraction of sp³-hybridized carbons (Fsp3) is 0.500. The summed E-state index contributed by atoms with van der Waals surface area (Å²) in [6.07, 6.45) is 37.0. The summed E-state index contributed by atoms with van der Waals surface area (Å²) in [7, 11) is 0. The molecule has 2 unspecified atom stereocenters. The molecule has 48 heavy (non-hydrogen) atoms. The smallest absolute Gasteiger partial charge is 0.0384 e. The number of anilines is 1. The third-order valence-corrected chi connectivity index (χ3v) is 9.44. The Labute approximate surface area is 293 Å². The Hall–Kier alpha value is -3.66. The number of nitrogens with one attached hydrogen (secondary N) is 2. The van der Waals surface area contributed by atoms with E-state index in [1.54, 1.807) is 0 Å². The summed E-state index contributed by atoms with van der Waals surface area (Å²) in [4.78, 5) is 5.35. The van der Waals surface area contributed by atoms with Crippen LogP contribution in [0.25, 0.3) is 0 Å². The molecule has 0 amide bonds. The maximum atomic E-state index is 3.67. The van der Waals surface area contributed by atoms with E-state index in [9.17, 15) is 0 Å². The molecule has 0 fully saturated rings. The van der Waals surface area contributed by atoms with Gasteiger partial charge in [0.2, 0.25) is 0 Å². The third-order valence-electron chi connectivity index (χ3n) is 9.44. The van der Waals surface area contributed by atoms with E-state index in [0.29, 0.717) is 23.9 Å². The predicted molar refractivity (Wildman–Crippen MR) is 209 cm³/mol. The van der Waals surface area contributed by atoms with Gasteiger partial charge < -0.3 is 20.4 Å². The predicted octanol–water partition coefficient (Wildman–Crippen LogP) is 11.4. The van der Waals surface area contributed by atoms with Gasteiger partial charge in [0.25, 0.3) is 0 Å². The molecule has 3 aliphatic rings. The Morgan fingerprint density at radius 1 is 0.562 bits per heavy atom. The zero-order valence-corrected chi connectivity index (χ0v) is 30.9. The van der Waals surface area contributed by atoms with Crippen LogP contribution < -0.4 is 10.6 Å². The van der Waals surface area contributed by atoms with Crippen molar-refractivity contribution in [3.05, 3.63) is 126 Å². The number of hydrogen-bond donors (Lipinski definition) is 2. The third kappa shape index (κ3) is 12.7. The zero-order chi connectivity index (χ0) is 34.1. The van der Waals surface area contributed by atoms with Gasteiger partial charge in [0.05, 0.1) is 0 Å². The molecule has 0 radical (unpaired) electrons. The quantitative estimate of drug-likeness (QED) is 0.155. The highest BCUT2D eigenvalue weighted by Gasteiger charge is 2.19. The molecule has 3 aliphatic carbocycles. The second kappa shape index (κ2) is 20.0. The monoisotopic (exact) mass is 649 g/mol. The van der Waals surface area contributed by atoms with Crippen LogP contribution in [0.1, 0.15) is 106 Å². The SMILES string of the molecule is CC(C)CC(C)N(CCCCCN(C1=CCC=C(Nc2ccccc2)C=C1)C(C)CC(C)C)C1=CCC=C(NC2=CCCCC=C2)C=C1. The molecule has 0 aromatic heterocycles. The Balaban J connectivity index is 1.35. The van der Waals surface area contributed by atoms with Crippen molar-refractivity contribution in [1.82, 2.24) is 15.1 Å². The lowest BCUT2D eigenvalue weighted by atomic mass is 10.0. The van der Waals surface area contributed by atoms with E-state index in [-0.39, 0.29) is 0 Å². The van der Waals surface area contributed by atoms with Crippen molar-refractivity contribution in [3.63, 3.8) is 0 Å². The highest BCUT2D eigenvalue weighted by Crippen LogP contribution is 2.25. The molecule has 0 bridgehead atoms. The average molecular weight is 649 g/mol. The average Bonchev–Trinajstić information content (AvgIpc) is 3.54. The number of unbranched alkanes of at least 4 members (excludes halogenated alkanes) is 2. The van der Waals surface area contributed by atoms with Crippen LogP contribution >= 0.6 is 0 Å². The first kappa shape index (κ1) is 37.2. The first-order valence-electron chi connectivity index (χ1n) is 18.9. The number of hydrogen-bond acceptors (Lipinski definition) is 4. The van der Waals surface area contributed by atoms with Crippen molar-refractivity contribution in [2.24, 2.45) is 11.8 Å². The van der Waals surface area contributed by atoms with E-state index in [1.165, 1.54) is 67.7 Å². The van der Waals surface area contributed by atoms with Crippen LogP contribution in [0.3, 0.4) is 0 Å². The minimum atomic E-state index is 0.507. The Morgan fingerprint density at radius 3 is 1.67 bits per heavy atom. The van der Waals surface area contributed by atoms with Crippen molar-refractivity contribution < 1.29 is 0 Å². The first-order valence-corrected chi connectivity index (χ1v) is 18.9. The molecular weight excluding hydrogens is 585 g/mol. The van der Waals surface area contributed by atoms with E-state index in [4.69, 9.17) is 0 Å². The fourth-order valence-electron chi connectivity index (χ4n) is 7.13. The normalized spacial score (nSPS) is 17.7. The lowest BCUT2D eigenvalue weighted by Crippen LogP contribution is -2.35. The Kier molecular flexibility index (Phi) is 15.5. The van der Waals surface area contributed by atoms with Crippen molar-refractivity contribution in [3.8, 4) is 0 Å². The molecule has 4 heteroatoms. The number of benzene rings is 1. The molecule has 0 aliphatic heterocycles. The van der Waals surface area contributed by atoms with Crippen molar-refractivity contribution in [1.29, 1.82) is 0 Å². The molecule has 4 rings (SSSR count). The van der Waals surface area contributed by atoms with Crippen molar-refractivity contribution >= 4 is 5.69 Å². The molecule has 2 atom stereocenters. The Morgan fingerprint density at radius 2 is 1.10 bits per heavy atom. The highest BCUT2D eigenvalue weighted by atomic mass is 15.2. The molecule has 0 saturated heterocycles. The second-order valence-electron chi connectivity index (χ2n) is 14.7. The molecule has 0 spiro atoms. The summed E-state index contributed by atoms with van der Waals surface area (Å²) < 4.78 is 0. The van der Waals surface area contributed by atoms with Gasteiger partial charge in [-0.25, -0.2) is 0 Å². The van der Waals surface area contributed by atoms with Crippen LogP contribution in [0.2, 0.25) is 0 Å². The van der Waals surface area contributed by atoms with E-state index < -0.39 is 0 Å². The summed E-state index contributed by atoms with van der Waals surface area (Å²) in [5.41, 5.74) is 7.45. The number of para-hydroxylation sites is 1. The van der Waals surface area contributed by atoms with Crippen LogP contribution in [0.4, 0.5) is 5.69 Å². The number of nitrogens with zero attached hydrogens (tertiary/aromatic N) is 2. The zero-order valence-electron chi connectivity index (χ0n) is 30.9. The van der Waals surface area contributed by atoms with Gasteiger partial charge in [0.1, 0.15) is 0 Å².